The van der Waals surface area contributed by atoms with Gasteiger partial charge in [-0.1, -0.05) is 0 Å². The normalized spacial score (nSPS) is 12.3. The number of carbonyl (C=O) groups is 4. The fourth-order valence-corrected chi connectivity index (χ4v) is 1.12. The summed E-state index contributed by atoms with van der Waals surface area (Å²) < 4.78 is 0. The molecule has 6 N–H and O–H groups in total. The molecule has 3 amide bonds. The van der Waals surface area contributed by atoms with Gasteiger partial charge in [-0.15, -0.1) is 0 Å². The molecule has 0 aliphatic heterocycles. The monoisotopic (exact) mass is 289 g/mol. The average Bonchev–Trinajstić information content (AvgIpc) is 2.31. The summed E-state index contributed by atoms with van der Waals surface area (Å²) in [6, 6.07) is -2.13. The molecule has 0 heterocycles. The highest BCUT2D eigenvalue weighted by Gasteiger charge is 2.26. The molecule has 0 fully saturated rings. The molecule has 20 heavy (non-hydrogen) atoms. The molecule has 0 saturated carbocycles. The maximum absolute atomic E-state index is 11.5. The van der Waals surface area contributed by atoms with Gasteiger partial charge in [0.1, 0.15) is 6.04 Å². The number of hydrogen-bond acceptors (Lipinski definition) is 4. The third-order valence-electron chi connectivity index (χ3n) is 2.61. The zero-order chi connectivity index (χ0) is 15.9. The SMILES string of the molecule is CC(C)(CNC(=O)NC(CCC(=O)O)C(=O)O)C(N)=O. The van der Waals surface area contributed by atoms with Crippen LogP contribution >= 0.6 is 0 Å². The maximum Gasteiger partial charge on any atom is 0.326 e. The molecule has 0 aromatic heterocycles. The van der Waals surface area contributed by atoms with Crippen molar-refractivity contribution in [3.8, 4) is 0 Å². The summed E-state index contributed by atoms with van der Waals surface area (Å²) in [5.74, 6) is -3.11. The molecule has 0 aromatic rings. The van der Waals surface area contributed by atoms with Gasteiger partial charge >= 0.3 is 18.0 Å². The van der Waals surface area contributed by atoms with Crippen LogP contribution in [0.15, 0.2) is 0 Å². The second-order valence-electron chi connectivity index (χ2n) is 4.90. The molecule has 0 bridgehead atoms. The summed E-state index contributed by atoms with van der Waals surface area (Å²) in [7, 11) is 0. The first-order chi connectivity index (χ1) is 9.06. The van der Waals surface area contributed by atoms with E-state index in [1.807, 2.05) is 0 Å². The number of hydrogen-bond donors (Lipinski definition) is 5. The van der Waals surface area contributed by atoms with Crippen LogP contribution in [0.3, 0.4) is 0 Å². The third kappa shape index (κ3) is 6.57. The lowest BCUT2D eigenvalue weighted by atomic mass is 9.93. The van der Waals surface area contributed by atoms with E-state index in [4.69, 9.17) is 15.9 Å². The summed E-state index contributed by atoms with van der Waals surface area (Å²) in [5, 5.41) is 21.8. The van der Waals surface area contributed by atoms with Crippen molar-refractivity contribution in [3.05, 3.63) is 0 Å². The van der Waals surface area contributed by atoms with E-state index in [2.05, 4.69) is 10.6 Å². The summed E-state index contributed by atoms with van der Waals surface area (Å²) in [6.07, 6.45) is -0.624. The molecule has 9 nitrogen and oxygen atoms in total. The Morgan fingerprint density at radius 2 is 1.75 bits per heavy atom. The van der Waals surface area contributed by atoms with Crippen LogP contribution in [-0.2, 0) is 14.4 Å². The van der Waals surface area contributed by atoms with Crippen LogP contribution in [-0.4, -0.2) is 46.7 Å². The maximum atomic E-state index is 11.5. The van der Waals surface area contributed by atoms with Crippen molar-refractivity contribution in [1.29, 1.82) is 0 Å². The van der Waals surface area contributed by atoms with Crippen LogP contribution in [0.5, 0.6) is 0 Å². The van der Waals surface area contributed by atoms with E-state index in [1.165, 1.54) is 13.8 Å². The highest BCUT2D eigenvalue weighted by molar-refractivity contribution is 5.84. The van der Waals surface area contributed by atoms with Gasteiger partial charge in [0.25, 0.3) is 0 Å². The van der Waals surface area contributed by atoms with Gasteiger partial charge in [0.2, 0.25) is 5.91 Å². The van der Waals surface area contributed by atoms with Crippen molar-refractivity contribution in [3.63, 3.8) is 0 Å². The van der Waals surface area contributed by atoms with Crippen molar-refractivity contribution >= 4 is 23.9 Å². The summed E-state index contributed by atoms with van der Waals surface area (Å²) in [6.45, 7) is 2.98. The van der Waals surface area contributed by atoms with Gasteiger partial charge in [0.05, 0.1) is 5.41 Å². The highest BCUT2D eigenvalue weighted by Crippen LogP contribution is 2.11. The Bertz CT molecular complexity index is 407. The fraction of sp³-hybridized carbons (Fsp3) is 0.636. The standard InChI is InChI=1S/C11H19N3O6/c1-11(2,9(12)19)5-13-10(20)14-6(8(17)18)3-4-7(15)16/h6H,3-5H2,1-2H3,(H2,12,19)(H,15,16)(H,17,18)(H2,13,14,20). The number of urea groups is 1. The number of carboxylic acid groups (broad SMARTS) is 2. The van der Waals surface area contributed by atoms with Crippen molar-refractivity contribution in [2.24, 2.45) is 11.1 Å². The Kier molecular flexibility index (Phi) is 6.47. The Hall–Kier alpha value is -2.32. The first kappa shape index (κ1) is 17.7. The molecular weight excluding hydrogens is 270 g/mol. The fourth-order valence-electron chi connectivity index (χ4n) is 1.12. The first-order valence-corrected chi connectivity index (χ1v) is 5.85. The van der Waals surface area contributed by atoms with Crippen LogP contribution in [0.1, 0.15) is 26.7 Å². The number of nitrogens with two attached hydrogens (primary N) is 1. The minimum Gasteiger partial charge on any atom is -0.481 e. The minimum atomic E-state index is -1.34. The highest BCUT2D eigenvalue weighted by atomic mass is 16.4. The Morgan fingerprint density at radius 3 is 2.15 bits per heavy atom. The second kappa shape index (κ2) is 7.31. The van der Waals surface area contributed by atoms with Gasteiger partial charge in [0, 0.05) is 13.0 Å². The third-order valence-corrected chi connectivity index (χ3v) is 2.61. The van der Waals surface area contributed by atoms with E-state index in [0.29, 0.717) is 0 Å². The van der Waals surface area contributed by atoms with Gasteiger partial charge in [-0.25, -0.2) is 9.59 Å². The van der Waals surface area contributed by atoms with Crippen molar-refractivity contribution < 1.29 is 29.4 Å². The molecule has 1 unspecified atom stereocenters. The molecule has 0 aliphatic carbocycles. The Balaban J connectivity index is 4.37. The van der Waals surface area contributed by atoms with Gasteiger partial charge in [-0.3, -0.25) is 9.59 Å². The Labute approximate surface area is 115 Å². The van der Waals surface area contributed by atoms with Gasteiger partial charge < -0.3 is 26.6 Å². The molecule has 9 heteroatoms. The lowest BCUT2D eigenvalue weighted by molar-refractivity contribution is -0.140. The summed E-state index contributed by atoms with van der Waals surface area (Å²) >= 11 is 0. The number of carboxylic acids is 2. The minimum absolute atomic E-state index is 0.0700. The summed E-state index contributed by atoms with van der Waals surface area (Å²) in [5.41, 5.74) is 4.14. The molecule has 0 spiro atoms. The molecule has 1 atom stereocenters. The molecular formula is C11H19N3O6. The summed E-state index contributed by atoms with van der Waals surface area (Å²) in [4.78, 5) is 43.7. The average molecular weight is 289 g/mol. The first-order valence-electron chi connectivity index (χ1n) is 5.85. The molecule has 0 rings (SSSR count). The van der Waals surface area contributed by atoms with Crippen molar-refractivity contribution in [2.75, 3.05) is 6.54 Å². The van der Waals surface area contributed by atoms with E-state index < -0.39 is 35.3 Å². The molecule has 114 valence electrons. The molecule has 0 aliphatic rings. The largest absolute Gasteiger partial charge is 0.481 e. The molecule has 0 saturated heterocycles. The van der Waals surface area contributed by atoms with Crippen LogP contribution in [0.4, 0.5) is 4.79 Å². The zero-order valence-corrected chi connectivity index (χ0v) is 11.3. The van der Waals surface area contributed by atoms with Crippen LogP contribution in [0, 0.1) is 5.41 Å². The quantitative estimate of drug-likeness (QED) is 0.390. The number of primary amides is 1. The van der Waals surface area contributed by atoms with Crippen LogP contribution in [0.25, 0.3) is 0 Å². The topological polar surface area (TPSA) is 159 Å². The second-order valence-corrected chi connectivity index (χ2v) is 4.90. The van der Waals surface area contributed by atoms with E-state index in [1.54, 1.807) is 0 Å². The lowest BCUT2D eigenvalue weighted by Gasteiger charge is -2.21. The molecule has 0 radical (unpaired) electrons. The smallest absolute Gasteiger partial charge is 0.326 e. The number of nitrogens with one attached hydrogen (secondary N) is 2. The number of amides is 3. The number of rotatable bonds is 8. The predicted octanol–water partition coefficient (Wildman–Crippen LogP) is -0.885. The van der Waals surface area contributed by atoms with Gasteiger partial charge in [0.15, 0.2) is 0 Å². The lowest BCUT2D eigenvalue weighted by Crippen LogP contribution is -2.50. The van der Waals surface area contributed by atoms with Gasteiger partial charge in [-0.05, 0) is 20.3 Å². The van der Waals surface area contributed by atoms with E-state index in [9.17, 15) is 19.2 Å². The predicted molar refractivity (Wildman–Crippen MR) is 67.8 cm³/mol. The Morgan fingerprint density at radius 1 is 1.20 bits per heavy atom. The zero-order valence-electron chi connectivity index (χ0n) is 11.3. The van der Waals surface area contributed by atoms with E-state index >= 15 is 0 Å². The number of carbonyl (C=O) groups excluding carboxylic acids is 2. The van der Waals surface area contributed by atoms with E-state index in [-0.39, 0.29) is 19.4 Å². The molecule has 0 aromatic carbocycles. The van der Waals surface area contributed by atoms with Crippen molar-refractivity contribution in [1.82, 2.24) is 10.6 Å². The number of aliphatic carboxylic acids is 2. The van der Waals surface area contributed by atoms with Crippen LogP contribution < -0.4 is 16.4 Å². The van der Waals surface area contributed by atoms with Crippen LogP contribution in [0.2, 0.25) is 0 Å². The van der Waals surface area contributed by atoms with E-state index in [0.717, 1.165) is 0 Å². The van der Waals surface area contributed by atoms with Crippen molar-refractivity contribution in [2.45, 2.75) is 32.7 Å². The van der Waals surface area contributed by atoms with Gasteiger partial charge in [-0.2, -0.15) is 0 Å².